The molecule has 4 rings (SSSR count). The van der Waals surface area contributed by atoms with E-state index in [1.54, 1.807) is 23.2 Å². The zero-order valence-corrected chi connectivity index (χ0v) is 18.1. The van der Waals surface area contributed by atoms with Crippen molar-refractivity contribution < 1.29 is 14.0 Å². The van der Waals surface area contributed by atoms with Crippen LogP contribution in [0.25, 0.3) is 11.1 Å². The zero-order chi connectivity index (χ0) is 22.6. The van der Waals surface area contributed by atoms with Crippen molar-refractivity contribution >= 4 is 11.8 Å². The molecule has 6 heteroatoms. The molecule has 1 aliphatic heterocycles. The van der Waals surface area contributed by atoms with Crippen molar-refractivity contribution in [3.8, 4) is 11.1 Å². The van der Waals surface area contributed by atoms with E-state index in [9.17, 15) is 14.0 Å². The Hall–Kier alpha value is -3.54. The minimum absolute atomic E-state index is 0.0396. The van der Waals surface area contributed by atoms with Crippen molar-refractivity contribution in [2.75, 3.05) is 19.6 Å². The summed E-state index contributed by atoms with van der Waals surface area (Å²) >= 11 is 0. The third-order valence-electron chi connectivity index (χ3n) is 6.03. The van der Waals surface area contributed by atoms with E-state index >= 15 is 0 Å². The van der Waals surface area contributed by atoms with Crippen molar-refractivity contribution in [2.24, 2.45) is 5.41 Å². The van der Waals surface area contributed by atoms with E-state index in [-0.39, 0.29) is 23.9 Å². The number of rotatable bonds is 6. The van der Waals surface area contributed by atoms with Gasteiger partial charge in [-0.05, 0) is 54.7 Å². The molecule has 0 unspecified atom stereocenters. The maximum Gasteiger partial charge on any atom is 0.256 e. The Kier molecular flexibility index (Phi) is 6.30. The molecule has 1 saturated heterocycles. The summed E-state index contributed by atoms with van der Waals surface area (Å²) in [6, 6.07) is 17.9. The molecule has 0 bridgehead atoms. The van der Waals surface area contributed by atoms with Gasteiger partial charge in [0.15, 0.2) is 0 Å². The molecule has 1 aliphatic rings. The fourth-order valence-electron chi connectivity index (χ4n) is 4.39. The van der Waals surface area contributed by atoms with Gasteiger partial charge in [0.1, 0.15) is 5.82 Å². The molecule has 1 aromatic heterocycles. The van der Waals surface area contributed by atoms with Gasteiger partial charge < -0.3 is 10.2 Å². The van der Waals surface area contributed by atoms with Crippen LogP contribution >= 0.6 is 0 Å². The zero-order valence-electron chi connectivity index (χ0n) is 18.1. The molecule has 3 aromatic rings. The Balaban J connectivity index is 1.61. The standard InChI is InChI=1S/C26H26FN3O2/c1-2-29-25(32)26(12-14-30(18-26)24(31)22-10-3-4-11-23(22)27)16-19-7-5-8-20(15-19)21-9-6-13-28-17-21/h3-11,13,15,17H,2,12,14,16,18H2,1H3,(H,29,32)/t26-/m1/s1. The number of carbonyl (C=O) groups is 2. The average molecular weight is 432 g/mol. The topological polar surface area (TPSA) is 62.3 Å². The number of hydrogen-bond acceptors (Lipinski definition) is 3. The number of aromatic nitrogens is 1. The minimum atomic E-state index is -0.759. The molecule has 5 nitrogen and oxygen atoms in total. The smallest absolute Gasteiger partial charge is 0.256 e. The number of nitrogens with zero attached hydrogens (tertiary/aromatic N) is 2. The first-order chi connectivity index (χ1) is 15.5. The summed E-state index contributed by atoms with van der Waals surface area (Å²) in [5.41, 5.74) is 2.32. The van der Waals surface area contributed by atoms with E-state index in [4.69, 9.17) is 0 Å². The Morgan fingerprint density at radius 3 is 2.66 bits per heavy atom. The van der Waals surface area contributed by atoms with Gasteiger partial charge in [0.05, 0.1) is 11.0 Å². The van der Waals surface area contributed by atoms with Crippen molar-refractivity contribution in [3.05, 3.63) is 90.0 Å². The first-order valence-electron chi connectivity index (χ1n) is 10.8. The molecule has 0 saturated carbocycles. The van der Waals surface area contributed by atoms with Gasteiger partial charge in [0, 0.05) is 32.0 Å². The largest absolute Gasteiger partial charge is 0.356 e. The summed E-state index contributed by atoms with van der Waals surface area (Å²) in [5.74, 6) is -0.994. The molecule has 2 aromatic carbocycles. The summed E-state index contributed by atoms with van der Waals surface area (Å²) in [7, 11) is 0. The van der Waals surface area contributed by atoms with Crippen molar-refractivity contribution in [2.45, 2.75) is 19.8 Å². The Labute approximate surface area is 187 Å². The molecule has 0 aliphatic carbocycles. The number of hydrogen-bond donors (Lipinski definition) is 1. The third kappa shape index (κ3) is 4.40. The highest BCUT2D eigenvalue weighted by Gasteiger charge is 2.46. The molecule has 0 spiro atoms. The molecule has 2 heterocycles. The molecule has 1 fully saturated rings. The Morgan fingerprint density at radius 1 is 1.09 bits per heavy atom. The van der Waals surface area contributed by atoms with Gasteiger partial charge in [-0.1, -0.05) is 42.5 Å². The van der Waals surface area contributed by atoms with E-state index in [0.29, 0.717) is 25.9 Å². The second-order valence-electron chi connectivity index (χ2n) is 8.22. The maximum absolute atomic E-state index is 14.2. The molecular weight excluding hydrogens is 405 g/mol. The first kappa shape index (κ1) is 21.7. The SMILES string of the molecule is CCNC(=O)[C@@]1(Cc2cccc(-c3cccnc3)c2)CCN(C(=O)c2ccccc2F)C1. The quantitative estimate of drug-likeness (QED) is 0.639. The predicted molar refractivity (Wildman–Crippen MR) is 121 cm³/mol. The number of halogens is 1. The lowest BCUT2D eigenvalue weighted by Crippen LogP contribution is -2.45. The van der Waals surface area contributed by atoms with Gasteiger partial charge in [-0.15, -0.1) is 0 Å². The summed E-state index contributed by atoms with van der Waals surface area (Å²) in [4.78, 5) is 31.9. The monoisotopic (exact) mass is 431 g/mol. The van der Waals surface area contributed by atoms with Gasteiger partial charge in [-0.2, -0.15) is 0 Å². The van der Waals surface area contributed by atoms with Gasteiger partial charge in [0.25, 0.3) is 5.91 Å². The van der Waals surface area contributed by atoms with Crippen LogP contribution in [-0.2, 0) is 11.2 Å². The molecular formula is C26H26FN3O2. The average Bonchev–Trinajstić information content (AvgIpc) is 3.25. The van der Waals surface area contributed by atoms with Gasteiger partial charge in [0.2, 0.25) is 5.91 Å². The first-order valence-corrected chi connectivity index (χ1v) is 10.8. The van der Waals surface area contributed by atoms with Crippen LogP contribution in [0.4, 0.5) is 4.39 Å². The van der Waals surface area contributed by atoms with Crippen LogP contribution in [-0.4, -0.2) is 41.3 Å². The number of nitrogens with one attached hydrogen (secondary N) is 1. The molecule has 1 atom stereocenters. The fourth-order valence-corrected chi connectivity index (χ4v) is 4.39. The predicted octanol–water partition coefficient (Wildman–Crippen LogP) is 4.10. The summed E-state index contributed by atoms with van der Waals surface area (Å²) in [6.45, 7) is 3.05. The van der Waals surface area contributed by atoms with Crippen LogP contribution < -0.4 is 5.32 Å². The second kappa shape index (κ2) is 9.30. The maximum atomic E-state index is 14.2. The van der Waals surface area contributed by atoms with E-state index in [1.807, 2.05) is 43.5 Å². The highest BCUT2D eigenvalue weighted by molar-refractivity contribution is 5.95. The minimum Gasteiger partial charge on any atom is -0.356 e. The number of likely N-dealkylation sites (tertiary alicyclic amines) is 1. The van der Waals surface area contributed by atoms with Crippen LogP contribution in [0.1, 0.15) is 29.3 Å². The third-order valence-corrected chi connectivity index (χ3v) is 6.03. The van der Waals surface area contributed by atoms with Gasteiger partial charge in [-0.25, -0.2) is 4.39 Å². The van der Waals surface area contributed by atoms with Crippen LogP contribution in [0.3, 0.4) is 0 Å². The van der Waals surface area contributed by atoms with Crippen molar-refractivity contribution in [1.29, 1.82) is 0 Å². The van der Waals surface area contributed by atoms with Crippen molar-refractivity contribution in [1.82, 2.24) is 15.2 Å². The summed E-state index contributed by atoms with van der Waals surface area (Å²) in [6.07, 6.45) is 4.56. The lowest BCUT2D eigenvalue weighted by atomic mass is 9.79. The Bertz CT molecular complexity index is 1120. The summed E-state index contributed by atoms with van der Waals surface area (Å²) < 4.78 is 14.2. The number of pyridine rings is 1. The summed E-state index contributed by atoms with van der Waals surface area (Å²) in [5, 5.41) is 2.94. The molecule has 1 N–H and O–H groups in total. The fraction of sp³-hybridized carbons (Fsp3) is 0.269. The molecule has 32 heavy (non-hydrogen) atoms. The highest BCUT2D eigenvalue weighted by Crippen LogP contribution is 2.36. The van der Waals surface area contributed by atoms with Crippen LogP contribution in [0.5, 0.6) is 0 Å². The second-order valence-corrected chi connectivity index (χ2v) is 8.22. The lowest BCUT2D eigenvalue weighted by molar-refractivity contribution is -0.130. The molecule has 0 radical (unpaired) electrons. The van der Waals surface area contributed by atoms with Crippen LogP contribution in [0.2, 0.25) is 0 Å². The van der Waals surface area contributed by atoms with E-state index in [0.717, 1.165) is 16.7 Å². The highest BCUT2D eigenvalue weighted by atomic mass is 19.1. The van der Waals surface area contributed by atoms with E-state index in [2.05, 4.69) is 16.4 Å². The number of amides is 2. The molecule has 2 amide bonds. The molecule has 164 valence electrons. The van der Waals surface area contributed by atoms with E-state index < -0.39 is 11.2 Å². The number of benzene rings is 2. The Morgan fingerprint density at radius 2 is 1.91 bits per heavy atom. The van der Waals surface area contributed by atoms with Crippen LogP contribution in [0, 0.1) is 11.2 Å². The van der Waals surface area contributed by atoms with E-state index in [1.165, 1.54) is 12.1 Å². The van der Waals surface area contributed by atoms with Crippen LogP contribution in [0.15, 0.2) is 73.1 Å². The van der Waals surface area contributed by atoms with Gasteiger partial charge in [-0.3, -0.25) is 14.6 Å². The van der Waals surface area contributed by atoms with Crippen molar-refractivity contribution in [3.63, 3.8) is 0 Å². The van der Waals surface area contributed by atoms with Gasteiger partial charge >= 0.3 is 0 Å². The lowest BCUT2D eigenvalue weighted by Gasteiger charge is -2.28. The normalized spacial score (nSPS) is 17.9. The number of carbonyl (C=O) groups excluding carboxylic acids is 2.